The second kappa shape index (κ2) is 5.07. The van der Waals surface area contributed by atoms with Crippen LogP contribution in [0.3, 0.4) is 0 Å². The molecule has 0 amide bonds. The molecule has 0 aliphatic carbocycles. The van der Waals surface area contributed by atoms with Crippen molar-refractivity contribution in [3.63, 3.8) is 0 Å². The van der Waals surface area contributed by atoms with Crippen molar-refractivity contribution in [1.82, 2.24) is 0 Å². The summed E-state index contributed by atoms with van der Waals surface area (Å²) in [5, 5.41) is 10.2. The van der Waals surface area contributed by atoms with Gasteiger partial charge in [0.2, 0.25) is 0 Å². The molecule has 0 bridgehead atoms. The average molecular weight is 240 g/mol. The van der Waals surface area contributed by atoms with Crippen molar-refractivity contribution in [2.45, 2.75) is 32.3 Å². The lowest BCUT2D eigenvalue weighted by molar-refractivity contribution is 0.199. The Hall–Kier alpha value is -0.730. The van der Waals surface area contributed by atoms with Crippen molar-refractivity contribution in [2.24, 2.45) is 0 Å². The van der Waals surface area contributed by atoms with Crippen LogP contribution >= 0.6 is 11.6 Å². The summed E-state index contributed by atoms with van der Waals surface area (Å²) >= 11 is 6.16. The summed E-state index contributed by atoms with van der Waals surface area (Å²) in [6.45, 7) is 3.97. The zero-order valence-electron chi connectivity index (χ0n) is 9.62. The number of aliphatic hydroxyl groups excluding tert-OH is 1. The van der Waals surface area contributed by atoms with E-state index in [-0.39, 0.29) is 0 Å². The highest BCUT2D eigenvalue weighted by molar-refractivity contribution is 6.31. The Morgan fingerprint density at radius 3 is 2.50 bits per heavy atom. The maximum absolute atomic E-state index is 9.51. The zero-order valence-corrected chi connectivity index (χ0v) is 10.4. The van der Waals surface area contributed by atoms with Gasteiger partial charge in [-0.2, -0.15) is 0 Å². The lowest BCUT2D eigenvalue weighted by atomic mass is 10.1. The van der Waals surface area contributed by atoms with Crippen molar-refractivity contribution in [2.75, 3.05) is 18.0 Å². The Morgan fingerprint density at radius 1 is 1.25 bits per heavy atom. The molecule has 1 N–H and O–H groups in total. The number of aliphatic hydroxyl groups is 1. The largest absolute Gasteiger partial charge is 0.389 e. The van der Waals surface area contributed by atoms with E-state index in [1.54, 1.807) is 6.92 Å². The van der Waals surface area contributed by atoms with E-state index in [0.29, 0.717) is 5.02 Å². The highest BCUT2D eigenvalue weighted by atomic mass is 35.5. The van der Waals surface area contributed by atoms with E-state index in [1.165, 1.54) is 24.9 Å². The van der Waals surface area contributed by atoms with Gasteiger partial charge in [-0.1, -0.05) is 17.7 Å². The first kappa shape index (κ1) is 11.7. The van der Waals surface area contributed by atoms with Gasteiger partial charge in [0.25, 0.3) is 0 Å². The first-order chi connectivity index (χ1) is 7.68. The smallest absolute Gasteiger partial charge is 0.0776 e. The van der Waals surface area contributed by atoms with Crippen molar-refractivity contribution in [3.8, 4) is 0 Å². The number of piperidine rings is 1. The molecule has 1 unspecified atom stereocenters. The summed E-state index contributed by atoms with van der Waals surface area (Å²) < 4.78 is 0. The zero-order chi connectivity index (χ0) is 11.5. The highest BCUT2D eigenvalue weighted by Gasteiger charge is 2.13. The average Bonchev–Trinajstić information content (AvgIpc) is 2.29. The molecule has 0 spiro atoms. The molecule has 1 aliphatic heterocycles. The van der Waals surface area contributed by atoms with Crippen LogP contribution < -0.4 is 4.90 Å². The van der Waals surface area contributed by atoms with Crippen LogP contribution in [0.2, 0.25) is 5.02 Å². The topological polar surface area (TPSA) is 23.5 Å². The minimum absolute atomic E-state index is 0.497. The quantitative estimate of drug-likeness (QED) is 0.855. The van der Waals surface area contributed by atoms with Crippen LogP contribution in [0, 0.1) is 0 Å². The van der Waals surface area contributed by atoms with Gasteiger partial charge < -0.3 is 10.0 Å². The van der Waals surface area contributed by atoms with Gasteiger partial charge in [0.1, 0.15) is 0 Å². The van der Waals surface area contributed by atoms with Crippen molar-refractivity contribution >= 4 is 17.3 Å². The molecule has 0 aromatic heterocycles. The third kappa shape index (κ3) is 2.50. The Labute approximate surface area is 102 Å². The van der Waals surface area contributed by atoms with Gasteiger partial charge >= 0.3 is 0 Å². The van der Waals surface area contributed by atoms with E-state index in [2.05, 4.69) is 11.0 Å². The Bertz CT molecular complexity index is 359. The Kier molecular flexibility index (Phi) is 3.72. The van der Waals surface area contributed by atoms with Crippen LogP contribution in [0.15, 0.2) is 18.2 Å². The minimum atomic E-state index is -0.497. The number of nitrogens with zero attached hydrogens (tertiary/aromatic N) is 1. The summed E-state index contributed by atoms with van der Waals surface area (Å²) in [7, 11) is 0. The molecule has 0 saturated carbocycles. The van der Waals surface area contributed by atoms with Gasteiger partial charge in [0.15, 0.2) is 0 Å². The SMILES string of the molecule is CC(O)c1ccc(N2CCCCC2)cc1Cl. The molecule has 3 heteroatoms. The van der Waals surface area contributed by atoms with Gasteiger partial charge in [0.05, 0.1) is 6.10 Å². The first-order valence-electron chi connectivity index (χ1n) is 5.91. The fraction of sp³-hybridized carbons (Fsp3) is 0.538. The fourth-order valence-corrected chi connectivity index (χ4v) is 2.54. The van der Waals surface area contributed by atoms with E-state index >= 15 is 0 Å². The predicted molar refractivity (Wildman–Crippen MR) is 68.1 cm³/mol. The van der Waals surface area contributed by atoms with Crippen LogP contribution in [0.4, 0.5) is 5.69 Å². The van der Waals surface area contributed by atoms with Crippen LogP contribution in [0.5, 0.6) is 0 Å². The molecule has 1 fully saturated rings. The van der Waals surface area contributed by atoms with Gasteiger partial charge in [-0.15, -0.1) is 0 Å². The number of rotatable bonds is 2. The molecule has 2 rings (SSSR count). The second-order valence-electron chi connectivity index (χ2n) is 4.43. The van der Waals surface area contributed by atoms with Gasteiger partial charge in [-0.3, -0.25) is 0 Å². The summed E-state index contributed by atoms with van der Waals surface area (Å²) in [4.78, 5) is 2.36. The number of halogens is 1. The number of benzene rings is 1. The van der Waals surface area contributed by atoms with Crippen molar-refractivity contribution < 1.29 is 5.11 Å². The number of anilines is 1. The van der Waals surface area contributed by atoms with Crippen LogP contribution in [-0.4, -0.2) is 18.2 Å². The monoisotopic (exact) mass is 239 g/mol. The molecule has 1 atom stereocenters. The molecular formula is C13H18ClNO. The summed E-state index contributed by atoms with van der Waals surface area (Å²) in [5.74, 6) is 0. The third-order valence-corrected chi connectivity index (χ3v) is 3.48. The van der Waals surface area contributed by atoms with Crippen molar-refractivity contribution in [3.05, 3.63) is 28.8 Å². The molecule has 1 aromatic rings. The standard InChI is InChI=1S/C13H18ClNO/c1-10(16)12-6-5-11(9-13(12)14)15-7-3-2-4-8-15/h5-6,9-10,16H,2-4,7-8H2,1H3. The van der Waals surface area contributed by atoms with Crippen LogP contribution in [-0.2, 0) is 0 Å². The van der Waals surface area contributed by atoms with Crippen molar-refractivity contribution in [1.29, 1.82) is 0 Å². The van der Waals surface area contributed by atoms with E-state index in [4.69, 9.17) is 11.6 Å². The molecule has 88 valence electrons. The lowest BCUT2D eigenvalue weighted by Crippen LogP contribution is -2.29. The van der Waals surface area contributed by atoms with Crippen LogP contribution in [0.1, 0.15) is 37.9 Å². The molecule has 1 saturated heterocycles. The number of hydrogen-bond donors (Lipinski definition) is 1. The third-order valence-electron chi connectivity index (χ3n) is 3.16. The molecule has 0 radical (unpaired) electrons. The predicted octanol–water partition coefficient (Wildman–Crippen LogP) is 3.38. The lowest BCUT2D eigenvalue weighted by Gasteiger charge is -2.29. The van der Waals surface area contributed by atoms with Gasteiger partial charge in [-0.25, -0.2) is 0 Å². The van der Waals surface area contributed by atoms with E-state index in [1.807, 2.05) is 12.1 Å². The molecule has 16 heavy (non-hydrogen) atoms. The first-order valence-corrected chi connectivity index (χ1v) is 6.29. The highest BCUT2D eigenvalue weighted by Crippen LogP contribution is 2.29. The minimum Gasteiger partial charge on any atom is -0.389 e. The normalized spacial score (nSPS) is 18.6. The summed E-state index contributed by atoms with van der Waals surface area (Å²) in [6, 6.07) is 5.95. The summed E-state index contributed by atoms with van der Waals surface area (Å²) in [6.07, 6.45) is 3.35. The second-order valence-corrected chi connectivity index (χ2v) is 4.84. The van der Waals surface area contributed by atoms with E-state index < -0.39 is 6.10 Å². The maximum Gasteiger partial charge on any atom is 0.0776 e. The van der Waals surface area contributed by atoms with E-state index in [9.17, 15) is 5.11 Å². The number of hydrogen-bond acceptors (Lipinski definition) is 2. The summed E-state index contributed by atoms with van der Waals surface area (Å²) in [5.41, 5.74) is 1.98. The Balaban J connectivity index is 2.19. The molecule has 1 heterocycles. The van der Waals surface area contributed by atoms with E-state index in [0.717, 1.165) is 18.7 Å². The van der Waals surface area contributed by atoms with Crippen LogP contribution in [0.25, 0.3) is 0 Å². The molecular weight excluding hydrogens is 222 g/mol. The van der Waals surface area contributed by atoms with Gasteiger partial charge in [0, 0.05) is 23.8 Å². The maximum atomic E-state index is 9.51. The molecule has 1 aliphatic rings. The molecule has 1 aromatic carbocycles. The molecule has 2 nitrogen and oxygen atoms in total. The Morgan fingerprint density at radius 2 is 1.94 bits per heavy atom. The fourth-order valence-electron chi connectivity index (χ4n) is 2.20. The van der Waals surface area contributed by atoms with Gasteiger partial charge in [-0.05, 0) is 43.9 Å².